The molecule has 0 aliphatic rings. The van der Waals surface area contributed by atoms with E-state index in [0.717, 1.165) is 37.8 Å². The maximum absolute atomic E-state index is 5.46. The molecule has 5 heteroatoms. The van der Waals surface area contributed by atoms with E-state index in [-0.39, 0.29) is 0 Å². The number of nitrogens with zero attached hydrogens (tertiary/aromatic N) is 3. The first-order chi connectivity index (χ1) is 12.1. The van der Waals surface area contributed by atoms with Crippen molar-refractivity contribution in [2.45, 2.75) is 30.7 Å². The molecule has 0 aliphatic carbocycles. The molecule has 4 aromatic rings. The molecule has 4 nitrogen and oxygen atoms in total. The SMILES string of the molecule is Cc1cc(Sc2nccc3occc23)ccc1-c1c(C)ncnc1C. The van der Waals surface area contributed by atoms with Crippen LogP contribution in [0, 0.1) is 20.8 Å². The van der Waals surface area contributed by atoms with Crippen LogP contribution in [0.4, 0.5) is 0 Å². The predicted octanol–water partition coefficient (Wildman–Crippen LogP) is 5.36. The van der Waals surface area contributed by atoms with E-state index in [1.165, 1.54) is 11.1 Å². The first-order valence-electron chi connectivity index (χ1n) is 8.03. The van der Waals surface area contributed by atoms with Gasteiger partial charge in [-0.2, -0.15) is 0 Å². The number of rotatable bonds is 3. The van der Waals surface area contributed by atoms with Crippen LogP contribution in [0.15, 0.2) is 63.5 Å². The lowest BCUT2D eigenvalue weighted by atomic mass is 9.98. The minimum atomic E-state index is 0.860. The Kier molecular flexibility index (Phi) is 4.01. The molecular formula is C20H17N3OS. The molecule has 0 atom stereocenters. The lowest BCUT2D eigenvalue weighted by Gasteiger charge is -2.12. The number of hydrogen-bond donors (Lipinski definition) is 0. The minimum absolute atomic E-state index is 0.860. The van der Waals surface area contributed by atoms with Crippen molar-refractivity contribution in [1.82, 2.24) is 15.0 Å². The van der Waals surface area contributed by atoms with Crippen LogP contribution in [-0.4, -0.2) is 15.0 Å². The van der Waals surface area contributed by atoms with Crippen LogP contribution in [0.5, 0.6) is 0 Å². The minimum Gasteiger partial charge on any atom is -0.464 e. The second-order valence-electron chi connectivity index (χ2n) is 5.95. The molecule has 0 saturated heterocycles. The third-order valence-corrected chi connectivity index (χ3v) is 5.26. The summed E-state index contributed by atoms with van der Waals surface area (Å²) in [4.78, 5) is 14.3. The van der Waals surface area contributed by atoms with Crippen LogP contribution >= 0.6 is 11.8 Å². The molecule has 0 spiro atoms. The van der Waals surface area contributed by atoms with Crippen molar-refractivity contribution < 1.29 is 4.42 Å². The van der Waals surface area contributed by atoms with Crippen molar-refractivity contribution in [1.29, 1.82) is 0 Å². The molecule has 0 fully saturated rings. The van der Waals surface area contributed by atoms with Crippen LogP contribution in [0.25, 0.3) is 22.1 Å². The number of aryl methyl sites for hydroxylation is 3. The third kappa shape index (κ3) is 2.91. The number of fused-ring (bicyclic) bond motifs is 1. The van der Waals surface area contributed by atoms with Crippen LogP contribution in [0.2, 0.25) is 0 Å². The van der Waals surface area contributed by atoms with Gasteiger partial charge in [-0.1, -0.05) is 17.8 Å². The Morgan fingerprint density at radius 1 is 0.920 bits per heavy atom. The molecular weight excluding hydrogens is 330 g/mol. The number of benzene rings is 1. The number of aromatic nitrogens is 3. The topological polar surface area (TPSA) is 51.8 Å². The Balaban J connectivity index is 1.72. The zero-order valence-corrected chi connectivity index (χ0v) is 15.1. The van der Waals surface area contributed by atoms with Crippen molar-refractivity contribution >= 4 is 22.7 Å². The quantitative estimate of drug-likeness (QED) is 0.499. The average Bonchev–Trinajstić information content (AvgIpc) is 3.06. The lowest BCUT2D eigenvalue weighted by molar-refractivity contribution is 0.615. The highest BCUT2D eigenvalue weighted by atomic mass is 32.2. The molecule has 25 heavy (non-hydrogen) atoms. The first-order valence-corrected chi connectivity index (χ1v) is 8.84. The normalized spacial score (nSPS) is 11.2. The summed E-state index contributed by atoms with van der Waals surface area (Å²) in [5.41, 5.74) is 6.35. The third-order valence-electron chi connectivity index (χ3n) is 4.25. The highest BCUT2D eigenvalue weighted by Gasteiger charge is 2.12. The maximum Gasteiger partial charge on any atom is 0.138 e. The van der Waals surface area contributed by atoms with Gasteiger partial charge in [0.05, 0.1) is 11.6 Å². The van der Waals surface area contributed by atoms with Gasteiger partial charge < -0.3 is 4.42 Å². The summed E-state index contributed by atoms with van der Waals surface area (Å²) >= 11 is 1.65. The van der Waals surface area contributed by atoms with Crippen molar-refractivity contribution in [3.05, 3.63) is 66.1 Å². The van der Waals surface area contributed by atoms with E-state index < -0.39 is 0 Å². The second-order valence-corrected chi connectivity index (χ2v) is 7.01. The van der Waals surface area contributed by atoms with E-state index in [4.69, 9.17) is 4.42 Å². The van der Waals surface area contributed by atoms with Gasteiger partial charge in [0.25, 0.3) is 0 Å². The number of pyridine rings is 1. The summed E-state index contributed by atoms with van der Waals surface area (Å²) < 4.78 is 5.46. The molecule has 124 valence electrons. The highest BCUT2D eigenvalue weighted by Crippen LogP contribution is 2.35. The van der Waals surface area contributed by atoms with Gasteiger partial charge in [0.1, 0.15) is 16.9 Å². The van der Waals surface area contributed by atoms with Gasteiger partial charge in [-0.3, -0.25) is 0 Å². The predicted molar refractivity (Wildman–Crippen MR) is 99.8 cm³/mol. The molecule has 0 unspecified atom stereocenters. The van der Waals surface area contributed by atoms with Crippen molar-refractivity contribution in [2.24, 2.45) is 0 Å². The standard InChI is InChI=1S/C20H17N3OS/c1-12-10-15(25-20-17-7-9-24-18(17)6-8-21-20)4-5-16(12)19-13(2)22-11-23-14(19)3/h4-11H,1-3H3. The molecule has 0 aliphatic heterocycles. The molecule has 0 radical (unpaired) electrons. The zero-order valence-electron chi connectivity index (χ0n) is 14.3. The van der Waals surface area contributed by atoms with Gasteiger partial charge >= 0.3 is 0 Å². The summed E-state index contributed by atoms with van der Waals surface area (Å²) in [6, 6.07) is 10.3. The van der Waals surface area contributed by atoms with Crippen LogP contribution < -0.4 is 0 Å². The van der Waals surface area contributed by atoms with Crippen LogP contribution in [-0.2, 0) is 0 Å². The first kappa shape index (κ1) is 15.8. The molecule has 3 aromatic heterocycles. The summed E-state index contributed by atoms with van der Waals surface area (Å²) in [6.07, 6.45) is 5.10. The Morgan fingerprint density at radius 3 is 2.48 bits per heavy atom. The second kappa shape index (κ2) is 6.33. The van der Waals surface area contributed by atoms with E-state index >= 15 is 0 Å². The zero-order chi connectivity index (χ0) is 17.4. The molecule has 0 saturated carbocycles. The smallest absolute Gasteiger partial charge is 0.138 e. The van der Waals surface area contributed by atoms with E-state index in [1.807, 2.05) is 26.0 Å². The Bertz CT molecular complexity index is 1050. The Labute approximate surface area is 150 Å². The molecule has 3 heterocycles. The van der Waals surface area contributed by atoms with Gasteiger partial charge in [-0.25, -0.2) is 15.0 Å². The van der Waals surface area contributed by atoms with Gasteiger partial charge in [-0.05, 0) is 56.2 Å². The summed E-state index contributed by atoms with van der Waals surface area (Å²) in [7, 11) is 0. The highest BCUT2D eigenvalue weighted by molar-refractivity contribution is 7.99. The fourth-order valence-electron chi connectivity index (χ4n) is 3.02. The summed E-state index contributed by atoms with van der Waals surface area (Å²) in [5, 5.41) is 1.99. The molecule has 0 N–H and O–H groups in total. The Hall–Kier alpha value is -2.66. The summed E-state index contributed by atoms with van der Waals surface area (Å²) in [6.45, 7) is 6.17. The molecule has 0 bridgehead atoms. The van der Waals surface area contributed by atoms with Gasteiger partial charge in [0.15, 0.2) is 0 Å². The monoisotopic (exact) mass is 347 g/mol. The van der Waals surface area contributed by atoms with Crippen LogP contribution in [0.1, 0.15) is 17.0 Å². The van der Waals surface area contributed by atoms with Crippen molar-refractivity contribution in [3.63, 3.8) is 0 Å². The van der Waals surface area contributed by atoms with Gasteiger partial charge in [0, 0.05) is 28.0 Å². The maximum atomic E-state index is 5.46. The molecule has 1 aromatic carbocycles. The molecule has 4 rings (SSSR count). The summed E-state index contributed by atoms with van der Waals surface area (Å²) in [5.74, 6) is 0. The van der Waals surface area contributed by atoms with Crippen molar-refractivity contribution in [2.75, 3.05) is 0 Å². The van der Waals surface area contributed by atoms with Gasteiger partial charge in [-0.15, -0.1) is 0 Å². The van der Waals surface area contributed by atoms with E-state index in [2.05, 4.69) is 40.1 Å². The largest absolute Gasteiger partial charge is 0.464 e. The van der Waals surface area contributed by atoms with Crippen LogP contribution in [0.3, 0.4) is 0 Å². The molecule has 0 amide bonds. The fourth-order valence-corrected chi connectivity index (χ4v) is 4.01. The van der Waals surface area contributed by atoms with E-state index in [0.29, 0.717) is 0 Å². The average molecular weight is 347 g/mol. The van der Waals surface area contributed by atoms with E-state index in [9.17, 15) is 0 Å². The lowest BCUT2D eigenvalue weighted by Crippen LogP contribution is -1.96. The fraction of sp³-hybridized carbons (Fsp3) is 0.150. The number of furan rings is 1. The Morgan fingerprint density at radius 2 is 1.72 bits per heavy atom. The van der Waals surface area contributed by atoms with Crippen molar-refractivity contribution in [3.8, 4) is 11.1 Å². The van der Waals surface area contributed by atoms with Gasteiger partial charge in [0.2, 0.25) is 0 Å². The van der Waals surface area contributed by atoms with E-state index in [1.54, 1.807) is 30.5 Å². The number of hydrogen-bond acceptors (Lipinski definition) is 5.